The highest BCUT2D eigenvalue weighted by Crippen LogP contribution is 2.23. The van der Waals surface area contributed by atoms with Crippen LogP contribution in [-0.4, -0.2) is 31.5 Å². The fourth-order valence-corrected chi connectivity index (χ4v) is 4.74. The van der Waals surface area contributed by atoms with Gasteiger partial charge in [0.25, 0.3) is 17.2 Å². The Kier molecular flexibility index (Phi) is 6.91. The lowest BCUT2D eigenvalue weighted by Gasteiger charge is -2.11. The molecule has 1 aliphatic heterocycles. The monoisotopic (exact) mass is 537 g/mol. The lowest BCUT2D eigenvalue weighted by Crippen LogP contribution is -2.30. The molecular formula is C30H27N5O5. The zero-order valence-electron chi connectivity index (χ0n) is 22.2. The summed E-state index contributed by atoms with van der Waals surface area (Å²) in [5, 5.41) is 16.9. The molecule has 4 aromatic rings. The van der Waals surface area contributed by atoms with Gasteiger partial charge < -0.3 is 5.32 Å². The summed E-state index contributed by atoms with van der Waals surface area (Å²) in [7, 11) is 0. The van der Waals surface area contributed by atoms with Gasteiger partial charge >= 0.3 is 6.03 Å². The van der Waals surface area contributed by atoms with Crippen LogP contribution in [0.1, 0.15) is 39.1 Å². The summed E-state index contributed by atoms with van der Waals surface area (Å²) in [5.41, 5.74) is 5.43. The van der Waals surface area contributed by atoms with E-state index in [4.69, 9.17) is 0 Å². The molecule has 1 fully saturated rings. The zero-order chi connectivity index (χ0) is 28.6. The molecule has 1 aliphatic rings. The van der Waals surface area contributed by atoms with Gasteiger partial charge in [-0.2, -0.15) is 0 Å². The molecule has 0 spiro atoms. The molecule has 0 aliphatic carbocycles. The average molecular weight is 538 g/mol. The Labute approximate surface area is 229 Å². The van der Waals surface area contributed by atoms with Gasteiger partial charge in [-0.3, -0.25) is 29.7 Å². The molecule has 3 aromatic carbocycles. The van der Waals surface area contributed by atoms with E-state index in [1.165, 1.54) is 29.0 Å². The Bertz CT molecular complexity index is 1760. The Balaban J connectivity index is 1.55. The number of hydrogen-bond acceptors (Lipinski definition) is 5. The summed E-state index contributed by atoms with van der Waals surface area (Å²) in [6.07, 6.45) is 1.81. The number of nitrogens with zero attached hydrogens (tertiary/aromatic N) is 3. The summed E-state index contributed by atoms with van der Waals surface area (Å²) in [6.45, 7) is 5.73. The smallest absolute Gasteiger partial charge is 0.303 e. The Morgan fingerprint density at radius 3 is 2.40 bits per heavy atom. The maximum Gasteiger partial charge on any atom is 0.329 e. The lowest BCUT2D eigenvalue weighted by molar-refractivity contribution is -0.384. The Morgan fingerprint density at radius 1 is 0.925 bits per heavy atom. The molecule has 1 saturated heterocycles. The molecule has 3 amide bonds. The van der Waals surface area contributed by atoms with Crippen LogP contribution in [0, 0.1) is 30.9 Å². The molecule has 0 bridgehead atoms. The van der Waals surface area contributed by atoms with Crippen molar-refractivity contribution in [1.29, 1.82) is 0 Å². The molecule has 0 unspecified atom stereocenters. The first-order valence-corrected chi connectivity index (χ1v) is 12.7. The van der Waals surface area contributed by atoms with Crippen molar-refractivity contribution in [2.24, 2.45) is 0 Å². The van der Waals surface area contributed by atoms with E-state index in [0.717, 1.165) is 27.2 Å². The number of nitro benzene ring substituents is 1. The molecule has 5 rings (SSSR count). The zero-order valence-corrected chi connectivity index (χ0v) is 22.2. The first-order chi connectivity index (χ1) is 19.1. The first-order valence-electron chi connectivity index (χ1n) is 12.7. The maximum atomic E-state index is 13.8. The second-order valence-corrected chi connectivity index (χ2v) is 9.77. The van der Waals surface area contributed by atoms with Crippen LogP contribution >= 0.6 is 0 Å². The van der Waals surface area contributed by atoms with E-state index in [0.29, 0.717) is 23.4 Å². The molecule has 0 radical (unpaired) electrons. The third kappa shape index (κ3) is 4.94. The van der Waals surface area contributed by atoms with Crippen molar-refractivity contribution in [3.63, 3.8) is 0 Å². The van der Waals surface area contributed by atoms with Crippen molar-refractivity contribution in [3.8, 4) is 5.69 Å². The number of rotatable bonds is 7. The lowest BCUT2D eigenvalue weighted by atomic mass is 10.0. The number of H-pyrrole nitrogens is 1. The van der Waals surface area contributed by atoms with Crippen molar-refractivity contribution in [2.75, 3.05) is 0 Å². The van der Waals surface area contributed by atoms with Crippen LogP contribution < -0.4 is 10.9 Å². The van der Waals surface area contributed by atoms with Crippen molar-refractivity contribution in [2.45, 2.75) is 33.7 Å². The number of amides is 3. The van der Waals surface area contributed by atoms with Crippen LogP contribution in [-0.2, 0) is 17.8 Å². The number of nitrogens with one attached hydrogen (secondary N) is 2. The van der Waals surface area contributed by atoms with Crippen LogP contribution in [0.5, 0.6) is 0 Å². The number of aryl methyl sites for hydroxylation is 2. The molecule has 0 atom stereocenters. The highest BCUT2D eigenvalue weighted by atomic mass is 16.6. The summed E-state index contributed by atoms with van der Waals surface area (Å²) in [4.78, 5) is 51.3. The highest BCUT2D eigenvalue weighted by Gasteiger charge is 2.34. The minimum atomic E-state index is -0.673. The van der Waals surface area contributed by atoms with E-state index in [2.05, 4.69) is 10.4 Å². The Morgan fingerprint density at radius 2 is 1.65 bits per heavy atom. The van der Waals surface area contributed by atoms with E-state index in [9.17, 15) is 24.5 Å². The Hall–Kier alpha value is -5.25. The predicted octanol–water partition coefficient (Wildman–Crippen LogP) is 4.68. The predicted molar refractivity (Wildman–Crippen MR) is 150 cm³/mol. The molecule has 1 aromatic heterocycles. The summed E-state index contributed by atoms with van der Waals surface area (Å²) < 4.78 is 1.46. The molecule has 2 heterocycles. The minimum absolute atomic E-state index is 0.0503. The summed E-state index contributed by atoms with van der Waals surface area (Å²) in [5.74, 6) is -0.628. The number of imide groups is 1. The number of non-ortho nitro benzene ring substituents is 1. The van der Waals surface area contributed by atoms with Gasteiger partial charge in [0, 0.05) is 24.2 Å². The second-order valence-electron chi connectivity index (χ2n) is 9.77. The van der Waals surface area contributed by atoms with Gasteiger partial charge in [-0.25, -0.2) is 9.48 Å². The SMILES string of the molecule is Cc1ccccc1Cc1[nH]n(-c2cccc(C)c2C)c(=O)c1/C=C1\NC(=O)N(Cc2cccc([N+](=O)[O-])c2)C1=O. The van der Waals surface area contributed by atoms with Crippen molar-refractivity contribution < 1.29 is 14.5 Å². The van der Waals surface area contributed by atoms with Gasteiger partial charge in [0.15, 0.2) is 0 Å². The van der Waals surface area contributed by atoms with Crippen LogP contribution in [0.3, 0.4) is 0 Å². The summed E-state index contributed by atoms with van der Waals surface area (Å²) in [6, 6.07) is 18.6. The third-order valence-corrected chi connectivity index (χ3v) is 7.16. The third-order valence-electron chi connectivity index (χ3n) is 7.16. The van der Waals surface area contributed by atoms with Crippen molar-refractivity contribution in [3.05, 3.63) is 132 Å². The number of aromatic nitrogens is 2. The standard InChI is InChI=1S/C30H27N5O5/c1-18-9-6-13-27(20(18)3)34-28(36)24(25(32-34)15-22-11-5-4-8-19(22)2)16-26-29(37)33(30(38)31-26)17-21-10-7-12-23(14-21)35(39)40/h4-14,16,32H,15,17H2,1-3H3,(H,31,38)/b26-16-. The number of carbonyl (C=O) groups is 2. The molecular weight excluding hydrogens is 510 g/mol. The van der Waals surface area contributed by atoms with Crippen LogP contribution in [0.2, 0.25) is 0 Å². The number of nitro groups is 1. The van der Waals surface area contributed by atoms with Crippen molar-refractivity contribution >= 4 is 23.7 Å². The number of carbonyl (C=O) groups excluding carboxylic acids is 2. The second kappa shape index (κ2) is 10.5. The van der Waals surface area contributed by atoms with Gasteiger partial charge in [0.1, 0.15) is 5.70 Å². The van der Waals surface area contributed by atoms with E-state index >= 15 is 0 Å². The topological polar surface area (TPSA) is 130 Å². The van der Waals surface area contributed by atoms with E-state index in [-0.39, 0.29) is 29.1 Å². The minimum Gasteiger partial charge on any atom is -0.303 e. The van der Waals surface area contributed by atoms with Gasteiger partial charge in [-0.1, -0.05) is 48.5 Å². The van der Waals surface area contributed by atoms with Gasteiger partial charge in [0.05, 0.1) is 22.7 Å². The van der Waals surface area contributed by atoms with Crippen LogP contribution in [0.25, 0.3) is 11.8 Å². The first kappa shape index (κ1) is 26.4. The number of benzene rings is 3. The number of urea groups is 1. The molecule has 2 N–H and O–H groups in total. The van der Waals surface area contributed by atoms with Crippen LogP contribution in [0.4, 0.5) is 10.5 Å². The number of hydrogen-bond donors (Lipinski definition) is 2. The molecule has 10 nitrogen and oxygen atoms in total. The molecule has 0 saturated carbocycles. The quantitative estimate of drug-likeness (QED) is 0.153. The normalized spacial score (nSPS) is 14.2. The molecule has 40 heavy (non-hydrogen) atoms. The molecule has 10 heteroatoms. The van der Waals surface area contributed by atoms with E-state index < -0.39 is 16.9 Å². The van der Waals surface area contributed by atoms with E-state index in [1.54, 1.807) is 6.07 Å². The van der Waals surface area contributed by atoms with Gasteiger partial charge in [-0.05, 0) is 60.7 Å². The fourth-order valence-electron chi connectivity index (χ4n) is 4.74. The van der Waals surface area contributed by atoms with E-state index in [1.807, 2.05) is 63.2 Å². The number of aromatic amines is 1. The van der Waals surface area contributed by atoms with Gasteiger partial charge in [0.2, 0.25) is 0 Å². The molecule has 202 valence electrons. The van der Waals surface area contributed by atoms with Crippen molar-refractivity contribution in [1.82, 2.24) is 20.0 Å². The fraction of sp³-hybridized carbons (Fsp3) is 0.167. The van der Waals surface area contributed by atoms with Crippen LogP contribution in [0.15, 0.2) is 77.2 Å². The maximum absolute atomic E-state index is 13.8. The largest absolute Gasteiger partial charge is 0.329 e. The average Bonchev–Trinajstić information content (AvgIpc) is 3.37. The highest BCUT2D eigenvalue weighted by molar-refractivity contribution is 6.13. The summed E-state index contributed by atoms with van der Waals surface area (Å²) >= 11 is 0. The van der Waals surface area contributed by atoms with Gasteiger partial charge in [-0.15, -0.1) is 0 Å².